The van der Waals surface area contributed by atoms with Crippen molar-refractivity contribution in [1.82, 2.24) is 5.16 Å². The molecule has 0 atom stereocenters. The molecule has 1 aromatic heterocycles. The van der Waals surface area contributed by atoms with E-state index < -0.39 is 11.7 Å². The second kappa shape index (κ2) is 7.68. The van der Waals surface area contributed by atoms with Gasteiger partial charge in [0.15, 0.2) is 11.4 Å². The lowest BCUT2D eigenvalue weighted by Gasteiger charge is -2.12. The van der Waals surface area contributed by atoms with Gasteiger partial charge in [0.05, 0.1) is 5.69 Å². The highest BCUT2D eigenvalue weighted by Crippen LogP contribution is 2.32. The van der Waals surface area contributed by atoms with Gasteiger partial charge in [-0.25, -0.2) is 4.39 Å². The summed E-state index contributed by atoms with van der Waals surface area (Å²) in [5, 5.41) is 12.7. The van der Waals surface area contributed by atoms with E-state index in [-0.39, 0.29) is 11.3 Å². The smallest absolute Gasteiger partial charge is 0.255 e. The highest BCUT2D eigenvalue weighted by Gasteiger charge is 2.29. The molecule has 9 heteroatoms. The molecule has 0 bridgehead atoms. The van der Waals surface area contributed by atoms with Gasteiger partial charge in [0.1, 0.15) is 16.3 Å². The Morgan fingerprint density at radius 2 is 2.07 bits per heavy atom. The lowest BCUT2D eigenvalue weighted by molar-refractivity contribution is 0.0123. The van der Waals surface area contributed by atoms with E-state index in [1.165, 1.54) is 23.9 Å². The van der Waals surface area contributed by atoms with Gasteiger partial charge in [-0.15, -0.1) is 11.8 Å². The molecule has 0 fully saturated rings. The number of carbonyl (C=O) groups excluding carboxylic acids is 1. The molecule has 0 saturated carbocycles. The van der Waals surface area contributed by atoms with Crippen molar-refractivity contribution in [1.29, 1.82) is 0 Å². The Kier molecular flexibility index (Phi) is 5.23. The van der Waals surface area contributed by atoms with E-state index >= 15 is 0 Å². The number of hydrogen-bond acceptors (Lipinski definition) is 6. The monoisotopic (exact) mass is 433 g/mol. The first-order valence-corrected chi connectivity index (χ1v) is 10.2. The summed E-state index contributed by atoms with van der Waals surface area (Å²) in [5.74, 6) is -0.556. The molecule has 0 saturated heterocycles. The molecule has 1 N–H and O–H groups in total. The predicted octanol–water partition coefficient (Wildman–Crippen LogP) is 5.62. The first kappa shape index (κ1) is 19.7. The van der Waals surface area contributed by atoms with Crippen LogP contribution in [0.4, 0.5) is 10.1 Å². The third kappa shape index (κ3) is 4.38. The SMILES string of the molecule is CC1(C)CC(SCc2noc3cc(F)c(NC(=O)c4ccc(Cl)cc4)cc23)=NO1. The van der Waals surface area contributed by atoms with E-state index in [0.29, 0.717) is 39.4 Å². The lowest BCUT2D eigenvalue weighted by Crippen LogP contribution is -2.18. The molecular formula is C20H17ClFN3O3S. The van der Waals surface area contributed by atoms with Gasteiger partial charge >= 0.3 is 0 Å². The molecule has 4 rings (SSSR count). The van der Waals surface area contributed by atoms with E-state index in [4.69, 9.17) is 21.0 Å². The van der Waals surface area contributed by atoms with Crippen molar-refractivity contribution in [3.8, 4) is 0 Å². The average molecular weight is 434 g/mol. The maximum atomic E-state index is 14.4. The van der Waals surface area contributed by atoms with Crippen LogP contribution in [0, 0.1) is 5.82 Å². The van der Waals surface area contributed by atoms with Gasteiger partial charge in [0, 0.05) is 34.2 Å². The van der Waals surface area contributed by atoms with Crippen LogP contribution >= 0.6 is 23.4 Å². The summed E-state index contributed by atoms with van der Waals surface area (Å²) in [6, 6.07) is 9.09. The molecule has 29 heavy (non-hydrogen) atoms. The summed E-state index contributed by atoms with van der Waals surface area (Å²) in [6.07, 6.45) is 0.713. The van der Waals surface area contributed by atoms with E-state index in [9.17, 15) is 9.18 Å². The molecular weight excluding hydrogens is 417 g/mol. The van der Waals surface area contributed by atoms with Crippen molar-refractivity contribution in [3.63, 3.8) is 0 Å². The van der Waals surface area contributed by atoms with Crippen molar-refractivity contribution in [2.75, 3.05) is 5.32 Å². The standard InChI is InChI=1S/C20H17ClFN3O3S/c1-20(2)9-18(25-28-20)29-10-16-13-7-15(14(22)8-17(13)27-24-16)23-19(26)11-3-5-12(21)6-4-11/h3-8H,9-10H2,1-2H3,(H,23,26). The quantitative estimate of drug-likeness (QED) is 0.578. The van der Waals surface area contributed by atoms with Gasteiger partial charge in [-0.2, -0.15) is 0 Å². The number of oxime groups is 1. The van der Waals surface area contributed by atoms with Gasteiger partial charge < -0.3 is 14.7 Å². The molecule has 1 aliphatic rings. The van der Waals surface area contributed by atoms with Crippen molar-refractivity contribution in [3.05, 3.63) is 58.5 Å². The molecule has 150 valence electrons. The first-order valence-electron chi connectivity index (χ1n) is 8.83. The number of thioether (sulfide) groups is 1. The Bertz CT molecular complexity index is 1110. The number of benzene rings is 2. The summed E-state index contributed by atoms with van der Waals surface area (Å²) < 4.78 is 19.7. The second-order valence-corrected chi connectivity index (χ2v) is 8.70. The Balaban J connectivity index is 1.53. The van der Waals surface area contributed by atoms with E-state index in [1.54, 1.807) is 24.3 Å². The minimum Gasteiger partial charge on any atom is -0.389 e. The Morgan fingerprint density at radius 3 is 2.76 bits per heavy atom. The Morgan fingerprint density at radius 1 is 1.31 bits per heavy atom. The van der Waals surface area contributed by atoms with Crippen LogP contribution in [0.3, 0.4) is 0 Å². The number of amides is 1. The highest BCUT2D eigenvalue weighted by molar-refractivity contribution is 8.13. The van der Waals surface area contributed by atoms with E-state index in [2.05, 4.69) is 15.6 Å². The van der Waals surface area contributed by atoms with Crippen LogP contribution in [0.5, 0.6) is 0 Å². The summed E-state index contributed by atoms with van der Waals surface area (Å²) >= 11 is 7.33. The molecule has 6 nitrogen and oxygen atoms in total. The molecule has 2 heterocycles. The number of fused-ring (bicyclic) bond motifs is 1. The summed E-state index contributed by atoms with van der Waals surface area (Å²) in [7, 11) is 0. The summed E-state index contributed by atoms with van der Waals surface area (Å²) in [6.45, 7) is 3.93. The van der Waals surface area contributed by atoms with Crippen LogP contribution in [-0.4, -0.2) is 21.7 Å². The van der Waals surface area contributed by atoms with Crippen LogP contribution in [0.25, 0.3) is 11.0 Å². The highest BCUT2D eigenvalue weighted by atomic mass is 35.5. The van der Waals surface area contributed by atoms with Gasteiger partial charge in [0.2, 0.25) is 0 Å². The number of rotatable bonds is 4. The maximum absolute atomic E-state index is 14.4. The number of nitrogens with zero attached hydrogens (tertiary/aromatic N) is 2. The normalized spacial score (nSPS) is 15.2. The molecule has 0 aliphatic carbocycles. The molecule has 2 aromatic carbocycles. The third-order valence-electron chi connectivity index (χ3n) is 4.34. The lowest BCUT2D eigenvalue weighted by atomic mass is 10.1. The topological polar surface area (TPSA) is 76.7 Å². The van der Waals surface area contributed by atoms with Crippen molar-refractivity contribution in [2.45, 2.75) is 31.6 Å². The molecule has 0 unspecified atom stereocenters. The van der Waals surface area contributed by atoms with Crippen LogP contribution < -0.4 is 5.32 Å². The second-order valence-electron chi connectivity index (χ2n) is 7.22. The van der Waals surface area contributed by atoms with Gasteiger partial charge in [-0.05, 0) is 44.2 Å². The minimum atomic E-state index is -0.606. The predicted molar refractivity (Wildman–Crippen MR) is 112 cm³/mol. The summed E-state index contributed by atoms with van der Waals surface area (Å²) in [4.78, 5) is 17.8. The molecule has 0 spiro atoms. The van der Waals surface area contributed by atoms with Gasteiger partial charge in [0.25, 0.3) is 5.91 Å². The summed E-state index contributed by atoms with van der Waals surface area (Å²) in [5.41, 5.74) is 1.06. The average Bonchev–Trinajstić information content (AvgIpc) is 3.23. The molecule has 3 aromatic rings. The number of aromatic nitrogens is 1. The zero-order valence-electron chi connectivity index (χ0n) is 15.7. The number of nitrogens with one attached hydrogen (secondary N) is 1. The van der Waals surface area contributed by atoms with E-state index in [0.717, 1.165) is 5.04 Å². The van der Waals surface area contributed by atoms with Crippen molar-refractivity contribution in [2.24, 2.45) is 5.16 Å². The fraction of sp³-hybridized carbons (Fsp3) is 0.250. The number of anilines is 1. The van der Waals surface area contributed by atoms with Crippen molar-refractivity contribution >= 4 is 51.0 Å². The molecule has 0 radical (unpaired) electrons. The minimum absolute atomic E-state index is 0.0505. The van der Waals surface area contributed by atoms with E-state index in [1.807, 2.05) is 13.8 Å². The largest absolute Gasteiger partial charge is 0.389 e. The zero-order chi connectivity index (χ0) is 20.6. The van der Waals surface area contributed by atoms with Crippen LogP contribution in [0.15, 0.2) is 46.1 Å². The third-order valence-corrected chi connectivity index (χ3v) is 5.56. The van der Waals surface area contributed by atoms with Crippen molar-refractivity contribution < 1.29 is 18.5 Å². The Labute approximate surface area is 175 Å². The van der Waals surface area contributed by atoms with Gasteiger partial charge in [-0.1, -0.05) is 21.9 Å². The number of carbonyl (C=O) groups is 1. The molecule has 1 amide bonds. The van der Waals surface area contributed by atoms with Gasteiger partial charge in [-0.3, -0.25) is 4.79 Å². The fourth-order valence-corrected chi connectivity index (χ4v) is 4.01. The van der Waals surface area contributed by atoms with Crippen LogP contribution in [0.1, 0.15) is 36.3 Å². The molecule has 1 aliphatic heterocycles. The number of hydrogen-bond donors (Lipinski definition) is 1. The van der Waals surface area contributed by atoms with Crippen LogP contribution in [0.2, 0.25) is 5.02 Å². The maximum Gasteiger partial charge on any atom is 0.255 e. The zero-order valence-corrected chi connectivity index (χ0v) is 17.2. The Hall–Kier alpha value is -2.58. The first-order chi connectivity index (χ1) is 13.8. The fourth-order valence-electron chi connectivity index (χ4n) is 2.84. The van der Waals surface area contributed by atoms with Crippen LogP contribution in [-0.2, 0) is 10.6 Å². The number of halogens is 2.